The number of likely N-dealkylation sites (N-methyl/N-ethyl adjacent to an activating group) is 1. The third-order valence-corrected chi connectivity index (χ3v) is 5.03. The number of ether oxygens (including phenoxy) is 1. The molecule has 0 radical (unpaired) electrons. The van der Waals surface area contributed by atoms with Crippen LogP contribution in [0.2, 0.25) is 0 Å². The summed E-state index contributed by atoms with van der Waals surface area (Å²) >= 11 is 0. The van der Waals surface area contributed by atoms with Gasteiger partial charge in [-0.2, -0.15) is 4.98 Å². The van der Waals surface area contributed by atoms with Crippen LogP contribution in [0.4, 0.5) is 0 Å². The zero-order valence-electron chi connectivity index (χ0n) is 14.0. The van der Waals surface area contributed by atoms with E-state index in [1.807, 2.05) is 18.2 Å². The second-order valence-corrected chi connectivity index (χ2v) is 6.44. The third-order valence-electron chi connectivity index (χ3n) is 5.03. The van der Waals surface area contributed by atoms with E-state index >= 15 is 0 Å². The molecule has 0 bridgehead atoms. The van der Waals surface area contributed by atoms with E-state index in [2.05, 4.69) is 28.5 Å². The van der Waals surface area contributed by atoms with Crippen molar-refractivity contribution in [1.82, 2.24) is 20.4 Å². The van der Waals surface area contributed by atoms with Crippen molar-refractivity contribution in [2.75, 3.05) is 33.8 Å². The van der Waals surface area contributed by atoms with Gasteiger partial charge in [-0.25, -0.2) is 0 Å². The normalized spacial score (nSPS) is 22.7. The summed E-state index contributed by atoms with van der Waals surface area (Å²) in [6, 6.07) is 8.29. The quantitative estimate of drug-likeness (QED) is 0.911. The Morgan fingerprint density at radius 1 is 1.33 bits per heavy atom. The van der Waals surface area contributed by atoms with Crippen LogP contribution in [0.15, 0.2) is 28.8 Å². The number of rotatable bonds is 4. The summed E-state index contributed by atoms with van der Waals surface area (Å²) < 4.78 is 11.2. The highest BCUT2D eigenvalue weighted by atomic mass is 35.5. The zero-order chi connectivity index (χ0) is 15.9. The largest absolute Gasteiger partial charge is 0.496 e. The van der Waals surface area contributed by atoms with Crippen LogP contribution in [0.3, 0.4) is 0 Å². The van der Waals surface area contributed by atoms with E-state index in [1.54, 1.807) is 7.11 Å². The molecule has 2 heterocycles. The number of benzene rings is 1. The van der Waals surface area contributed by atoms with E-state index in [9.17, 15) is 0 Å². The maximum atomic E-state index is 5.68. The fourth-order valence-corrected chi connectivity index (χ4v) is 3.42. The summed E-state index contributed by atoms with van der Waals surface area (Å²) in [4.78, 5) is 7.03. The minimum atomic E-state index is -0.168. The number of methoxy groups -OCH3 is 1. The van der Waals surface area contributed by atoms with Crippen LogP contribution in [-0.2, 0) is 5.41 Å². The van der Waals surface area contributed by atoms with E-state index in [0.717, 1.165) is 55.5 Å². The minimum absolute atomic E-state index is 0. The highest BCUT2D eigenvalue weighted by Gasteiger charge is 2.52. The maximum Gasteiger partial charge on any atom is 0.237 e. The molecule has 1 aromatic heterocycles. The predicted molar refractivity (Wildman–Crippen MR) is 92.8 cm³/mol. The van der Waals surface area contributed by atoms with E-state index < -0.39 is 0 Å². The van der Waals surface area contributed by atoms with Crippen LogP contribution in [0.1, 0.15) is 36.2 Å². The molecule has 2 aromatic rings. The Hall–Kier alpha value is -1.63. The number of para-hydroxylation sites is 1. The predicted octanol–water partition coefficient (Wildman–Crippen LogP) is 2.16. The van der Waals surface area contributed by atoms with Gasteiger partial charge in [0.1, 0.15) is 5.75 Å². The molecule has 130 valence electrons. The van der Waals surface area contributed by atoms with E-state index in [-0.39, 0.29) is 23.9 Å². The van der Waals surface area contributed by atoms with Gasteiger partial charge in [-0.05, 0) is 26.0 Å². The minimum Gasteiger partial charge on any atom is -0.496 e. The number of nitrogens with one attached hydrogen (secondary N) is 1. The molecule has 1 atom stereocenters. The van der Waals surface area contributed by atoms with Crippen molar-refractivity contribution in [1.29, 1.82) is 0 Å². The van der Waals surface area contributed by atoms with Crippen molar-refractivity contribution in [3.05, 3.63) is 41.5 Å². The topological polar surface area (TPSA) is 63.4 Å². The average Bonchev–Trinajstić information content (AvgIpc) is 3.25. The highest BCUT2D eigenvalue weighted by molar-refractivity contribution is 5.85. The van der Waals surface area contributed by atoms with Gasteiger partial charge in [0, 0.05) is 25.2 Å². The summed E-state index contributed by atoms with van der Waals surface area (Å²) in [5.74, 6) is 2.38. The molecule has 1 aliphatic heterocycles. The molecule has 1 N–H and O–H groups in total. The smallest absolute Gasteiger partial charge is 0.237 e. The van der Waals surface area contributed by atoms with Gasteiger partial charge in [0.2, 0.25) is 5.89 Å². The molecule has 2 fully saturated rings. The number of hydrogen-bond donors (Lipinski definition) is 1. The first-order chi connectivity index (χ1) is 11.2. The molecular weight excluding hydrogens is 328 g/mol. The van der Waals surface area contributed by atoms with Crippen molar-refractivity contribution in [3.63, 3.8) is 0 Å². The molecule has 1 aromatic carbocycles. The lowest BCUT2D eigenvalue weighted by molar-refractivity contribution is 0.190. The summed E-state index contributed by atoms with van der Waals surface area (Å²) in [5.41, 5.74) is 0.978. The third kappa shape index (κ3) is 2.79. The molecular formula is C17H23ClN4O2. The Bertz CT molecular complexity index is 701. The van der Waals surface area contributed by atoms with Crippen LogP contribution in [0.25, 0.3) is 0 Å². The number of piperazine rings is 1. The van der Waals surface area contributed by atoms with Crippen LogP contribution < -0.4 is 10.1 Å². The van der Waals surface area contributed by atoms with Gasteiger partial charge < -0.3 is 14.6 Å². The van der Waals surface area contributed by atoms with Gasteiger partial charge in [-0.1, -0.05) is 23.4 Å². The van der Waals surface area contributed by atoms with E-state index in [1.165, 1.54) is 0 Å². The van der Waals surface area contributed by atoms with Crippen LogP contribution in [0.5, 0.6) is 5.75 Å². The molecule has 1 saturated carbocycles. The summed E-state index contributed by atoms with van der Waals surface area (Å²) in [6.45, 7) is 2.85. The zero-order valence-corrected chi connectivity index (χ0v) is 14.8. The second-order valence-electron chi connectivity index (χ2n) is 6.44. The van der Waals surface area contributed by atoms with Crippen molar-refractivity contribution in [3.8, 4) is 5.75 Å². The second kappa shape index (κ2) is 6.70. The maximum absolute atomic E-state index is 5.68. The summed E-state index contributed by atoms with van der Waals surface area (Å²) in [5, 5.41) is 7.66. The molecule has 2 aliphatic rings. The van der Waals surface area contributed by atoms with E-state index in [4.69, 9.17) is 14.2 Å². The fourth-order valence-electron chi connectivity index (χ4n) is 3.42. The molecule has 4 rings (SSSR count). The molecule has 24 heavy (non-hydrogen) atoms. The highest BCUT2D eigenvalue weighted by Crippen LogP contribution is 2.55. The first-order valence-corrected chi connectivity index (χ1v) is 8.13. The number of halogens is 1. The number of hydrogen-bond acceptors (Lipinski definition) is 6. The molecule has 7 heteroatoms. The van der Waals surface area contributed by atoms with Crippen molar-refractivity contribution in [2.24, 2.45) is 0 Å². The molecule has 0 amide bonds. The van der Waals surface area contributed by atoms with Crippen molar-refractivity contribution in [2.45, 2.75) is 24.3 Å². The standard InChI is InChI=1S/C17H22N4O2.ClH/c1-21-10-9-18-11-13(21)15-19-16(23-20-15)17(7-8-17)12-5-3-4-6-14(12)22-2;/h3-6,13,18H,7-11H2,1-2H3;1H. The Morgan fingerprint density at radius 2 is 2.12 bits per heavy atom. The molecule has 1 unspecified atom stereocenters. The van der Waals surface area contributed by atoms with Crippen LogP contribution in [0, 0.1) is 0 Å². The number of nitrogens with zero attached hydrogens (tertiary/aromatic N) is 3. The summed E-state index contributed by atoms with van der Waals surface area (Å²) in [6.07, 6.45) is 2.04. The van der Waals surface area contributed by atoms with E-state index in [0.29, 0.717) is 0 Å². The SMILES string of the molecule is COc1ccccc1C1(c2nc(C3CNCCN3C)no2)CC1.Cl. The lowest BCUT2D eigenvalue weighted by atomic mass is 9.95. The van der Waals surface area contributed by atoms with Gasteiger partial charge >= 0.3 is 0 Å². The van der Waals surface area contributed by atoms with Crippen molar-refractivity contribution >= 4 is 12.4 Å². The monoisotopic (exact) mass is 350 g/mol. The van der Waals surface area contributed by atoms with Gasteiger partial charge in [0.25, 0.3) is 0 Å². The number of aromatic nitrogens is 2. The van der Waals surface area contributed by atoms with Gasteiger partial charge in [-0.15, -0.1) is 12.4 Å². The Balaban J connectivity index is 0.00000169. The molecule has 6 nitrogen and oxygen atoms in total. The van der Waals surface area contributed by atoms with Gasteiger partial charge in [0.05, 0.1) is 18.6 Å². The van der Waals surface area contributed by atoms with Gasteiger partial charge in [-0.3, -0.25) is 4.90 Å². The molecule has 1 saturated heterocycles. The van der Waals surface area contributed by atoms with Crippen LogP contribution in [-0.4, -0.2) is 48.8 Å². The lowest BCUT2D eigenvalue weighted by Crippen LogP contribution is -2.44. The average molecular weight is 351 g/mol. The fraction of sp³-hybridized carbons (Fsp3) is 0.529. The first kappa shape index (κ1) is 17.2. The first-order valence-electron chi connectivity index (χ1n) is 8.13. The molecule has 0 spiro atoms. The summed E-state index contributed by atoms with van der Waals surface area (Å²) in [7, 11) is 3.81. The Morgan fingerprint density at radius 3 is 2.83 bits per heavy atom. The Kier molecular flexibility index (Phi) is 4.80. The van der Waals surface area contributed by atoms with Crippen LogP contribution >= 0.6 is 12.4 Å². The molecule has 1 aliphatic carbocycles. The lowest BCUT2D eigenvalue weighted by Gasteiger charge is -2.30. The van der Waals surface area contributed by atoms with Crippen molar-refractivity contribution < 1.29 is 9.26 Å². The van der Waals surface area contributed by atoms with Gasteiger partial charge in [0.15, 0.2) is 5.82 Å². The Labute approximate surface area is 148 Å².